The van der Waals surface area contributed by atoms with E-state index in [9.17, 15) is 4.79 Å². The molecule has 1 N–H and O–H groups in total. The lowest BCUT2D eigenvalue weighted by molar-refractivity contribution is 0.124. The van der Waals surface area contributed by atoms with E-state index in [4.69, 9.17) is 4.74 Å². The molecule has 2 amide bonds. The van der Waals surface area contributed by atoms with Crippen molar-refractivity contribution in [3.63, 3.8) is 0 Å². The average Bonchev–Trinajstić information content (AvgIpc) is 3.06. The highest BCUT2D eigenvalue weighted by Gasteiger charge is 2.22. The van der Waals surface area contributed by atoms with Gasteiger partial charge in [0.15, 0.2) is 0 Å². The summed E-state index contributed by atoms with van der Waals surface area (Å²) < 4.78 is 5.47. The second kappa shape index (κ2) is 6.24. The highest BCUT2D eigenvalue weighted by molar-refractivity contribution is 5.73. The molecule has 0 aromatic heterocycles. The summed E-state index contributed by atoms with van der Waals surface area (Å²) in [4.78, 5) is 13.5. The molecule has 0 atom stereocenters. The van der Waals surface area contributed by atoms with Crippen LogP contribution in [0.25, 0.3) is 0 Å². The van der Waals surface area contributed by atoms with Crippen LogP contribution in [0.4, 0.5) is 4.79 Å². The minimum atomic E-state index is 0.0342. The van der Waals surface area contributed by atoms with Gasteiger partial charge in [-0.2, -0.15) is 0 Å². The Morgan fingerprint density at radius 3 is 2.65 bits per heavy atom. The van der Waals surface area contributed by atoms with Gasteiger partial charge in [-0.25, -0.2) is 4.79 Å². The summed E-state index contributed by atoms with van der Waals surface area (Å²) >= 11 is 0. The van der Waals surface area contributed by atoms with Crippen molar-refractivity contribution >= 4 is 6.03 Å². The van der Waals surface area contributed by atoms with Gasteiger partial charge in [0.25, 0.3) is 0 Å². The Bertz CT molecular complexity index is 250. The summed E-state index contributed by atoms with van der Waals surface area (Å²) in [6, 6.07) is 0.0342. The monoisotopic (exact) mass is 240 g/mol. The maximum atomic E-state index is 11.7. The predicted octanol–water partition coefficient (Wildman–Crippen LogP) is 1.85. The molecule has 17 heavy (non-hydrogen) atoms. The molecule has 0 bridgehead atoms. The molecule has 2 saturated carbocycles. The fourth-order valence-electron chi connectivity index (χ4n) is 2.05. The van der Waals surface area contributed by atoms with Crippen molar-refractivity contribution < 1.29 is 9.53 Å². The molecule has 2 fully saturated rings. The van der Waals surface area contributed by atoms with Gasteiger partial charge in [-0.05, 0) is 37.5 Å². The number of carbonyl (C=O) groups excluding carboxylic acids is 1. The number of hydrogen-bond acceptors (Lipinski definition) is 2. The van der Waals surface area contributed by atoms with E-state index >= 15 is 0 Å². The minimum absolute atomic E-state index is 0.0342. The van der Waals surface area contributed by atoms with Crippen LogP contribution in [-0.4, -0.2) is 44.3 Å². The Hall–Kier alpha value is -0.770. The van der Waals surface area contributed by atoms with Crippen molar-refractivity contribution in [2.24, 2.45) is 11.8 Å². The quantitative estimate of drug-likeness (QED) is 0.690. The van der Waals surface area contributed by atoms with Gasteiger partial charge in [-0.15, -0.1) is 0 Å². The summed E-state index contributed by atoms with van der Waals surface area (Å²) in [5.74, 6) is 1.53. The second-order valence-electron chi connectivity index (χ2n) is 5.43. The normalized spacial score (nSPS) is 19.8. The van der Waals surface area contributed by atoms with E-state index in [1.807, 2.05) is 7.05 Å². The van der Waals surface area contributed by atoms with Crippen LogP contribution in [0.3, 0.4) is 0 Å². The van der Waals surface area contributed by atoms with Gasteiger partial charge in [0.1, 0.15) is 0 Å². The molecule has 2 aliphatic rings. The molecule has 2 aliphatic carbocycles. The van der Waals surface area contributed by atoms with Crippen LogP contribution >= 0.6 is 0 Å². The second-order valence-corrected chi connectivity index (χ2v) is 5.43. The molecule has 4 nitrogen and oxygen atoms in total. The van der Waals surface area contributed by atoms with Crippen molar-refractivity contribution in [1.82, 2.24) is 10.2 Å². The molecule has 4 heteroatoms. The van der Waals surface area contributed by atoms with E-state index in [0.29, 0.717) is 13.2 Å². The summed E-state index contributed by atoms with van der Waals surface area (Å²) in [5.41, 5.74) is 0. The molecular formula is C13H24N2O2. The molecule has 0 spiro atoms. The van der Waals surface area contributed by atoms with Crippen LogP contribution < -0.4 is 5.32 Å². The number of ether oxygens (including phenoxy) is 1. The van der Waals surface area contributed by atoms with Crippen LogP contribution in [-0.2, 0) is 4.74 Å². The molecule has 0 aromatic carbocycles. The van der Waals surface area contributed by atoms with Crippen LogP contribution in [0.2, 0.25) is 0 Å². The Kier molecular flexibility index (Phi) is 4.66. The van der Waals surface area contributed by atoms with E-state index in [1.54, 1.807) is 4.90 Å². The molecule has 2 rings (SSSR count). The number of carbonyl (C=O) groups is 1. The third-order valence-corrected chi connectivity index (χ3v) is 3.68. The SMILES string of the molecule is CN(CC1CCC1)C(=O)NCCOCC1CC1. The number of nitrogens with zero attached hydrogens (tertiary/aromatic N) is 1. The maximum Gasteiger partial charge on any atom is 0.317 e. The van der Waals surface area contributed by atoms with E-state index < -0.39 is 0 Å². The van der Waals surface area contributed by atoms with E-state index in [-0.39, 0.29) is 6.03 Å². The first-order chi connectivity index (χ1) is 8.25. The van der Waals surface area contributed by atoms with Crippen LogP contribution in [0.15, 0.2) is 0 Å². The lowest BCUT2D eigenvalue weighted by Crippen LogP contribution is -2.42. The van der Waals surface area contributed by atoms with E-state index in [2.05, 4.69) is 5.32 Å². The highest BCUT2D eigenvalue weighted by atomic mass is 16.5. The Labute approximate surface area is 104 Å². The zero-order valence-corrected chi connectivity index (χ0v) is 10.8. The summed E-state index contributed by atoms with van der Waals surface area (Å²) in [7, 11) is 1.87. The molecule has 98 valence electrons. The van der Waals surface area contributed by atoms with Gasteiger partial charge in [0.2, 0.25) is 0 Å². The molecule has 0 heterocycles. The number of amides is 2. The molecule has 0 aromatic rings. The molecular weight excluding hydrogens is 216 g/mol. The zero-order valence-electron chi connectivity index (χ0n) is 10.8. The van der Waals surface area contributed by atoms with Gasteiger partial charge >= 0.3 is 6.03 Å². The number of hydrogen-bond donors (Lipinski definition) is 1. The highest BCUT2D eigenvalue weighted by Crippen LogP contribution is 2.28. The number of rotatable bonds is 7. The molecule has 0 saturated heterocycles. The van der Waals surface area contributed by atoms with E-state index in [1.165, 1.54) is 32.1 Å². The first kappa shape index (κ1) is 12.7. The average molecular weight is 240 g/mol. The summed E-state index contributed by atoms with van der Waals surface area (Å²) in [6.45, 7) is 3.03. The first-order valence-electron chi connectivity index (χ1n) is 6.82. The Balaban J connectivity index is 1.46. The fourth-order valence-corrected chi connectivity index (χ4v) is 2.05. The van der Waals surface area contributed by atoms with Gasteiger partial charge in [-0.3, -0.25) is 0 Å². The van der Waals surface area contributed by atoms with Gasteiger partial charge in [0.05, 0.1) is 6.61 Å². The largest absolute Gasteiger partial charge is 0.379 e. The lowest BCUT2D eigenvalue weighted by Gasteiger charge is -2.30. The van der Waals surface area contributed by atoms with Gasteiger partial charge in [0, 0.05) is 26.7 Å². The maximum absolute atomic E-state index is 11.7. The minimum Gasteiger partial charge on any atom is -0.379 e. The van der Waals surface area contributed by atoms with Crippen LogP contribution in [0, 0.1) is 11.8 Å². The molecule has 0 aliphatic heterocycles. The number of urea groups is 1. The summed E-state index contributed by atoms with van der Waals surface area (Å²) in [6.07, 6.45) is 6.52. The van der Waals surface area contributed by atoms with Crippen LogP contribution in [0.1, 0.15) is 32.1 Å². The molecule has 0 unspecified atom stereocenters. The Morgan fingerprint density at radius 1 is 1.29 bits per heavy atom. The summed E-state index contributed by atoms with van der Waals surface area (Å²) in [5, 5.41) is 2.89. The van der Waals surface area contributed by atoms with Crippen molar-refractivity contribution in [3.05, 3.63) is 0 Å². The van der Waals surface area contributed by atoms with Gasteiger partial charge < -0.3 is 15.0 Å². The predicted molar refractivity (Wildman–Crippen MR) is 66.9 cm³/mol. The smallest absolute Gasteiger partial charge is 0.317 e. The van der Waals surface area contributed by atoms with Gasteiger partial charge in [-0.1, -0.05) is 6.42 Å². The fraction of sp³-hybridized carbons (Fsp3) is 0.923. The topological polar surface area (TPSA) is 41.6 Å². The first-order valence-corrected chi connectivity index (χ1v) is 6.82. The van der Waals surface area contributed by atoms with Crippen molar-refractivity contribution in [2.45, 2.75) is 32.1 Å². The standard InChI is InChI=1S/C13H24N2O2/c1-15(9-11-3-2-4-11)13(16)14-7-8-17-10-12-5-6-12/h11-12H,2-10H2,1H3,(H,14,16). The van der Waals surface area contributed by atoms with Crippen molar-refractivity contribution in [2.75, 3.05) is 33.4 Å². The third-order valence-electron chi connectivity index (χ3n) is 3.68. The Morgan fingerprint density at radius 2 is 2.06 bits per heavy atom. The molecule has 0 radical (unpaired) electrons. The zero-order chi connectivity index (χ0) is 12.1. The lowest BCUT2D eigenvalue weighted by atomic mass is 9.85. The number of nitrogens with one attached hydrogen (secondary N) is 1. The van der Waals surface area contributed by atoms with Crippen LogP contribution in [0.5, 0.6) is 0 Å². The van der Waals surface area contributed by atoms with Crippen molar-refractivity contribution in [1.29, 1.82) is 0 Å². The van der Waals surface area contributed by atoms with Crippen molar-refractivity contribution in [3.8, 4) is 0 Å². The van der Waals surface area contributed by atoms with E-state index in [0.717, 1.165) is 25.0 Å². The third kappa shape index (κ3) is 4.54.